The summed E-state index contributed by atoms with van der Waals surface area (Å²) in [7, 11) is 0. The predicted octanol–water partition coefficient (Wildman–Crippen LogP) is 4.20. The molecule has 0 fully saturated rings. The average molecular weight is 344 g/mol. The molecule has 1 N–H and O–H groups in total. The zero-order valence-corrected chi connectivity index (χ0v) is 13.4. The maximum Gasteiger partial charge on any atom is 0.371 e. The van der Waals surface area contributed by atoms with E-state index in [1.807, 2.05) is 12.1 Å². The number of rotatable bonds is 6. The summed E-state index contributed by atoms with van der Waals surface area (Å²) >= 11 is 6.07. The van der Waals surface area contributed by atoms with Crippen LogP contribution in [0.15, 0.2) is 59.3 Å². The molecule has 0 aliphatic rings. The van der Waals surface area contributed by atoms with Gasteiger partial charge in [-0.1, -0.05) is 11.6 Å². The van der Waals surface area contributed by atoms with Crippen LogP contribution in [0.1, 0.15) is 27.4 Å². The van der Waals surface area contributed by atoms with Crippen molar-refractivity contribution in [2.45, 2.75) is 13.0 Å². The highest BCUT2D eigenvalue weighted by molar-refractivity contribution is 6.30. The molecule has 0 radical (unpaired) electrons. The number of aromatic carboxylic acids is 1. The Labute approximate surface area is 143 Å². The highest BCUT2D eigenvalue weighted by Crippen LogP contribution is 2.27. The van der Waals surface area contributed by atoms with Gasteiger partial charge in [-0.15, -0.1) is 0 Å². The molecule has 0 bridgehead atoms. The van der Waals surface area contributed by atoms with Gasteiger partial charge in [0.05, 0.1) is 0 Å². The second-order valence-electron chi connectivity index (χ2n) is 5.14. The molecule has 0 saturated carbocycles. The van der Waals surface area contributed by atoms with Crippen LogP contribution in [0.2, 0.25) is 5.02 Å². The Hall–Kier alpha value is -2.79. The van der Waals surface area contributed by atoms with Crippen LogP contribution in [0.3, 0.4) is 0 Å². The number of benzene rings is 1. The maximum absolute atomic E-state index is 10.9. The minimum atomic E-state index is -1.10. The minimum Gasteiger partial charge on any atom is -0.489 e. The van der Waals surface area contributed by atoms with Gasteiger partial charge in [0.2, 0.25) is 5.76 Å². The molecule has 0 atom stereocenters. The summed E-state index contributed by atoms with van der Waals surface area (Å²) in [4.78, 5) is 14.9. The van der Waals surface area contributed by atoms with Gasteiger partial charge < -0.3 is 14.3 Å². The van der Waals surface area contributed by atoms with E-state index in [1.165, 1.54) is 6.07 Å². The molecule has 0 unspecified atom stereocenters. The SMILES string of the molecule is O=C(O)c1ccc(Cc2cc(Cl)ccc2OCc2ccncc2)o1. The number of nitrogens with zero attached hydrogens (tertiary/aromatic N) is 1. The lowest BCUT2D eigenvalue weighted by molar-refractivity contribution is 0.0660. The number of halogens is 1. The standard InChI is InChI=1S/C18H14ClNO4/c19-14-1-3-16(23-11-12-5-7-20-8-6-12)13(9-14)10-15-2-4-17(24-15)18(21)22/h1-9H,10-11H2,(H,21,22). The summed E-state index contributed by atoms with van der Waals surface area (Å²) in [5.41, 5.74) is 1.82. The van der Waals surface area contributed by atoms with Gasteiger partial charge in [-0.3, -0.25) is 4.98 Å². The maximum atomic E-state index is 10.9. The van der Waals surface area contributed by atoms with Gasteiger partial charge in [0, 0.05) is 29.4 Å². The topological polar surface area (TPSA) is 72.6 Å². The summed E-state index contributed by atoms with van der Waals surface area (Å²) in [6.45, 7) is 0.398. The Morgan fingerprint density at radius 2 is 1.96 bits per heavy atom. The Bertz CT molecular complexity index is 845. The fourth-order valence-electron chi connectivity index (χ4n) is 2.24. The molecule has 0 aliphatic carbocycles. The van der Waals surface area contributed by atoms with Gasteiger partial charge >= 0.3 is 5.97 Å². The molecule has 6 heteroatoms. The lowest BCUT2D eigenvalue weighted by atomic mass is 10.1. The van der Waals surface area contributed by atoms with Crippen molar-refractivity contribution in [3.8, 4) is 5.75 Å². The van der Waals surface area contributed by atoms with Crippen LogP contribution in [0.25, 0.3) is 0 Å². The summed E-state index contributed by atoms with van der Waals surface area (Å²) in [5.74, 6) is 0.0145. The average Bonchev–Trinajstić information content (AvgIpc) is 3.04. The Morgan fingerprint density at radius 1 is 1.17 bits per heavy atom. The second kappa shape index (κ2) is 7.19. The van der Waals surface area contributed by atoms with E-state index in [-0.39, 0.29) is 5.76 Å². The zero-order valence-electron chi connectivity index (χ0n) is 12.6. The van der Waals surface area contributed by atoms with Crippen molar-refractivity contribution in [2.24, 2.45) is 0 Å². The quantitative estimate of drug-likeness (QED) is 0.726. The number of furan rings is 1. The molecule has 0 spiro atoms. The molecule has 5 nitrogen and oxygen atoms in total. The first-order valence-electron chi connectivity index (χ1n) is 7.24. The molecule has 2 aromatic heterocycles. The fraction of sp³-hybridized carbons (Fsp3) is 0.111. The van der Waals surface area contributed by atoms with Crippen LogP contribution in [-0.2, 0) is 13.0 Å². The van der Waals surface area contributed by atoms with E-state index in [1.54, 1.807) is 36.7 Å². The molecular weight excluding hydrogens is 330 g/mol. The predicted molar refractivity (Wildman–Crippen MR) is 88.5 cm³/mol. The summed E-state index contributed by atoms with van der Waals surface area (Å²) in [5, 5.41) is 9.50. The monoisotopic (exact) mass is 343 g/mol. The summed E-state index contributed by atoms with van der Waals surface area (Å²) in [6.07, 6.45) is 3.80. The van der Waals surface area contributed by atoms with Gasteiger partial charge in [0.15, 0.2) is 0 Å². The number of aromatic nitrogens is 1. The molecule has 24 heavy (non-hydrogen) atoms. The zero-order chi connectivity index (χ0) is 16.9. The fourth-order valence-corrected chi connectivity index (χ4v) is 2.44. The van der Waals surface area contributed by atoms with E-state index >= 15 is 0 Å². The third kappa shape index (κ3) is 3.94. The van der Waals surface area contributed by atoms with Gasteiger partial charge in [-0.25, -0.2) is 4.79 Å². The largest absolute Gasteiger partial charge is 0.489 e. The van der Waals surface area contributed by atoms with Crippen LogP contribution in [-0.4, -0.2) is 16.1 Å². The molecule has 1 aromatic carbocycles. The molecule has 3 aromatic rings. The molecule has 2 heterocycles. The Morgan fingerprint density at radius 3 is 2.67 bits per heavy atom. The van der Waals surface area contributed by atoms with E-state index < -0.39 is 5.97 Å². The first-order chi connectivity index (χ1) is 11.6. The van der Waals surface area contributed by atoms with Crippen LogP contribution >= 0.6 is 11.6 Å². The highest BCUT2D eigenvalue weighted by Gasteiger charge is 2.12. The van der Waals surface area contributed by atoms with E-state index in [0.717, 1.165) is 11.1 Å². The van der Waals surface area contributed by atoms with Crippen LogP contribution in [0.4, 0.5) is 0 Å². The number of carboxylic acid groups (broad SMARTS) is 1. The molecular formula is C18H14ClNO4. The first-order valence-corrected chi connectivity index (χ1v) is 7.62. The molecule has 0 saturated heterocycles. The van der Waals surface area contributed by atoms with E-state index in [4.69, 9.17) is 25.9 Å². The van der Waals surface area contributed by atoms with Crippen LogP contribution < -0.4 is 4.74 Å². The van der Waals surface area contributed by atoms with E-state index in [2.05, 4.69) is 4.98 Å². The number of pyridine rings is 1. The van der Waals surface area contributed by atoms with Crippen LogP contribution in [0.5, 0.6) is 5.75 Å². The van der Waals surface area contributed by atoms with Crippen LogP contribution in [0, 0.1) is 0 Å². The highest BCUT2D eigenvalue weighted by atomic mass is 35.5. The van der Waals surface area contributed by atoms with Crippen molar-refractivity contribution in [1.29, 1.82) is 0 Å². The van der Waals surface area contributed by atoms with E-state index in [9.17, 15) is 4.79 Å². The first kappa shape index (κ1) is 16.1. The van der Waals surface area contributed by atoms with E-state index in [0.29, 0.717) is 29.6 Å². The molecule has 0 aliphatic heterocycles. The van der Waals surface area contributed by atoms with Crippen molar-refractivity contribution in [2.75, 3.05) is 0 Å². The van der Waals surface area contributed by atoms with Gasteiger partial charge in [0.1, 0.15) is 18.1 Å². The molecule has 122 valence electrons. The number of hydrogen-bond acceptors (Lipinski definition) is 4. The van der Waals surface area contributed by atoms with Gasteiger partial charge in [-0.2, -0.15) is 0 Å². The van der Waals surface area contributed by atoms with Crippen molar-refractivity contribution in [3.05, 3.63) is 82.5 Å². The second-order valence-corrected chi connectivity index (χ2v) is 5.58. The van der Waals surface area contributed by atoms with Crippen molar-refractivity contribution >= 4 is 17.6 Å². The van der Waals surface area contributed by atoms with Gasteiger partial charge in [0.25, 0.3) is 0 Å². The third-order valence-electron chi connectivity index (χ3n) is 3.40. The van der Waals surface area contributed by atoms with Crippen molar-refractivity contribution < 1.29 is 19.1 Å². The summed E-state index contributed by atoms with van der Waals surface area (Å²) in [6, 6.07) is 12.1. The lowest BCUT2D eigenvalue weighted by Gasteiger charge is -2.11. The number of hydrogen-bond donors (Lipinski definition) is 1. The van der Waals surface area contributed by atoms with Crippen molar-refractivity contribution in [3.63, 3.8) is 0 Å². The third-order valence-corrected chi connectivity index (χ3v) is 3.64. The lowest BCUT2D eigenvalue weighted by Crippen LogP contribution is -1.99. The van der Waals surface area contributed by atoms with Gasteiger partial charge in [-0.05, 0) is 48.0 Å². The smallest absolute Gasteiger partial charge is 0.371 e. The Balaban J connectivity index is 1.78. The Kier molecular flexibility index (Phi) is 4.82. The molecule has 0 amide bonds. The van der Waals surface area contributed by atoms with Crippen molar-refractivity contribution in [1.82, 2.24) is 4.98 Å². The minimum absolute atomic E-state index is 0.0914. The number of carbonyl (C=O) groups is 1. The normalized spacial score (nSPS) is 10.5. The number of carboxylic acids is 1. The molecule has 3 rings (SSSR count). The number of ether oxygens (including phenoxy) is 1. The summed E-state index contributed by atoms with van der Waals surface area (Å²) < 4.78 is 11.2.